The summed E-state index contributed by atoms with van der Waals surface area (Å²) in [5.74, 6) is 0.287. The first-order valence-corrected chi connectivity index (χ1v) is 9.17. The fourth-order valence-corrected chi connectivity index (χ4v) is 3.00. The lowest BCUT2D eigenvalue weighted by Gasteiger charge is -2.07. The number of urea groups is 1. The number of nitrogens with zero attached hydrogens (tertiary/aromatic N) is 3. The van der Waals surface area contributed by atoms with Crippen molar-refractivity contribution in [2.75, 3.05) is 11.9 Å². The Kier molecular flexibility index (Phi) is 4.92. The van der Waals surface area contributed by atoms with Gasteiger partial charge >= 0.3 is 11.7 Å². The summed E-state index contributed by atoms with van der Waals surface area (Å²) >= 11 is 0. The van der Waals surface area contributed by atoms with Crippen molar-refractivity contribution < 1.29 is 9.18 Å². The Labute approximate surface area is 160 Å². The van der Waals surface area contributed by atoms with Crippen molar-refractivity contribution in [1.82, 2.24) is 19.7 Å². The molecule has 1 heterocycles. The Bertz CT molecular complexity index is 1020. The minimum Gasteiger partial charge on any atom is -0.336 e. The Morgan fingerprint density at radius 1 is 1.11 bits per heavy atom. The van der Waals surface area contributed by atoms with E-state index in [1.54, 1.807) is 4.57 Å². The second-order valence-corrected chi connectivity index (χ2v) is 6.68. The number of rotatable bonds is 6. The number of aromatic nitrogens is 3. The van der Waals surface area contributed by atoms with Gasteiger partial charge < -0.3 is 10.6 Å². The molecule has 2 amide bonds. The molecule has 1 saturated carbocycles. The quantitative estimate of drug-likeness (QED) is 0.689. The topological polar surface area (TPSA) is 81.0 Å². The van der Waals surface area contributed by atoms with Crippen LogP contribution in [-0.2, 0) is 6.54 Å². The second kappa shape index (κ2) is 7.67. The van der Waals surface area contributed by atoms with E-state index in [0.29, 0.717) is 11.5 Å². The molecule has 7 nitrogen and oxygen atoms in total. The van der Waals surface area contributed by atoms with Crippen LogP contribution in [-0.4, -0.2) is 26.9 Å². The Balaban J connectivity index is 1.42. The third kappa shape index (κ3) is 3.95. The van der Waals surface area contributed by atoms with Crippen molar-refractivity contribution in [3.8, 4) is 11.4 Å². The molecular weight excluding hydrogens is 361 g/mol. The van der Waals surface area contributed by atoms with Crippen LogP contribution in [0.5, 0.6) is 0 Å². The highest BCUT2D eigenvalue weighted by Gasteiger charge is 2.30. The van der Waals surface area contributed by atoms with Gasteiger partial charge in [0.1, 0.15) is 5.82 Å². The largest absolute Gasteiger partial charge is 0.346 e. The van der Waals surface area contributed by atoms with E-state index in [-0.39, 0.29) is 30.6 Å². The van der Waals surface area contributed by atoms with E-state index in [1.165, 1.54) is 28.9 Å². The predicted octanol–water partition coefficient (Wildman–Crippen LogP) is 3.01. The maximum Gasteiger partial charge on any atom is 0.346 e. The van der Waals surface area contributed by atoms with Crippen LogP contribution in [0.2, 0.25) is 0 Å². The van der Waals surface area contributed by atoms with Gasteiger partial charge in [-0.05, 0) is 37.1 Å². The molecule has 4 rings (SSSR count). The normalized spacial score (nSPS) is 13.3. The average Bonchev–Trinajstić information content (AvgIpc) is 3.48. The smallest absolute Gasteiger partial charge is 0.336 e. The van der Waals surface area contributed by atoms with E-state index < -0.39 is 6.03 Å². The standard InChI is InChI=1S/C20H20FN5O2/c21-15-6-8-16(9-7-15)23-19(27)22-12-13-25-20(28)26(17-10-11-17)18(24-25)14-4-2-1-3-5-14/h1-9,17H,10-13H2,(H2,22,23,27). The molecule has 1 aromatic heterocycles. The molecule has 0 saturated heterocycles. The van der Waals surface area contributed by atoms with Gasteiger partial charge in [0, 0.05) is 23.8 Å². The zero-order valence-electron chi connectivity index (χ0n) is 15.1. The summed E-state index contributed by atoms with van der Waals surface area (Å²) in [6.07, 6.45) is 1.95. The molecule has 2 N–H and O–H groups in total. The fourth-order valence-electron chi connectivity index (χ4n) is 3.00. The molecule has 28 heavy (non-hydrogen) atoms. The van der Waals surface area contributed by atoms with Gasteiger partial charge in [-0.15, -0.1) is 5.10 Å². The molecule has 0 atom stereocenters. The number of anilines is 1. The van der Waals surface area contributed by atoms with Crippen molar-refractivity contribution in [2.24, 2.45) is 0 Å². The molecule has 0 unspecified atom stereocenters. The molecule has 0 aliphatic heterocycles. The summed E-state index contributed by atoms with van der Waals surface area (Å²) in [6, 6.07) is 14.9. The minimum atomic E-state index is -0.426. The molecule has 1 aliphatic rings. The third-order valence-electron chi connectivity index (χ3n) is 4.53. The molecule has 0 radical (unpaired) electrons. The van der Waals surface area contributed by atoms with Gasteiger partial charge in [-0.2, -0.15) is 0 Å². The first-order valence-electron chi connectivity index (χ1n) is 9.17. The van der Waals surface area contributed by atoms with Gasteiger partial charge in [-0.3, -0.25) is 4.57 Å². The number of halogens is 1. The highest BCUT2D eigenvalue weighted by atomic mass is 19.1. The summed E-state index contributed by atoms with van der Waals surface area (Å²) in [6.45, 7) is 0.498. The van der Waals surface area contributed by atoms with Crippen molar-refractivity contribution >= 4 is 11.7 Å². The summed E-state index contributed by atoms with van der Waals surface area (Å²) in [4.78, 5) is 24.7. The van der Waals surface area contributed by atoms with Crippen LogP contribution in [0.1, 0.15) is 18.9 Å². The molecule has 8 heteroatoms. The molecular formula is C20H20FN5O2. The van der Waals surface area contributed by atoms with E-state index in [1.807, 2.05) is 30.3 Å². The zero-order chi connectivity index (χ0) is 19.5. The SMILES string of the molecule is O=C(NCCn1nc(-c2ccccc2)n(C2CC2)c1=O)Nc1ccc(F)cc1. The van der Waals surface area contributed by atoms with Crippen molar-refractivity contribution in [3.63, 3.8) is 0 Å². The van der Waals surface area contributed by atoms with E-state index >= 15 is 0 Å². The van der Waals surface area contributed by atoms with Crippen LogP contribution in [0.4, 0.5) is 14.9 Å². The molecule has 1 fully saturated rings. The maximum absolute atomic E-state index is 12.9. The van der Waals surface area contributed by atoms with Crippen LogP contribution < -0.4 is 16.3 Å². The highest BCUT2D eigenvalue weighted by molar-refractivity contribution is 5.89. The Morgan fingerprint density at radius 2 is 1.82 bits per heavy atom. The van der Waals surface area contributed by atoms with Crippen LogP contribution in [0.25, 0.3) is 11.4 Å². The lowest BCUT2D eigenvalue weighted by atomic mass is 10.2. The molecule has 2 aromatic carbocycles. The van der Waals surface area contributed by atoms with Gasteiger partial charge in [0.05, 0.1) is 6.54 Å². The fraction of sp³-hybridized carbons (Fsp3) is 0.250. The van der Waals surface area contributed by atoms with Crippen LogP contribution in [0.15, 0.2) is 59.4 Å². The number of hydrogen-bond donors (Lipinski definition) is 2. The lowest BCUT2D eigenvalue weighted by molar-refractivity contribution is 0.251. The highest BCUT2D eigenvalue weighted by Crippen LogP contribution is 2.36. The monoisotopic (exact) mass is 381 g/mol. The summed E-state index contributed by atoms with van der Waals surface area (Å²) < 4.78 is 16.0. The molecule has 3 aromatic rings. The van der Waals surface area contributed by atoms with Crippen LogP contribution in [0.3, 0.4) is 0 Å². The first kappa shape index (κ1) is 18.0. The van der Waals surface area contributed by atoms with E-state index in [0.717, 1.165) is 18.4 Å². The zero-order valence-corrected chi connectivity index (χ0v) is 15.1. The first-order chi connectivity index (χ1) is 13.6. The van der Waals surface area contributed by atoms with Gasteiger partial charge in [-0.25, -0.2) is 18.7 Å². The van der Waals surface area contributed by atoms with Gasteiger partial charge in [-0.1, -0.05) is 30.3 Å². The molecule has 144 valence electrons. The lowest BCUT2D eigenvalue weighted by Crippen LogP contribution is -2.34. The number of carbonyl (C=O) groups excluding carboxylic acids is 1. The van der Waals surface area contributed by atoms with Crippen molar-refractivity contribution in [2.45, 2.75) is 25.4 Å². The minimum absolute atomic E-state index is 0.165. The molecule has 0 spiro atoms. The third-order valence-corrected chi connectivity index (χ3v) is 4.53. The number of nitrogens with one attached hydrogen (secondary N) is 2. The number of benzene rings is 2. The van der Waals surface area contributed by atoms with Crippen molar-refractivity contribution in [1.29, 1.82) is 0 Å². The Morgan fingerprint density at radius 3 is 2.50 bits per heavy atom. The predicted molar refractivity (Wildman–Crippen MR) is 104 cm³/mol. The number of carbonyl (C=O) groups is 1. The van der Waals surface area contributed by atoms with Crippen LogP contribution >= 0.6 is 0 Å². The maximum atomic E-state index is 12.9. The summed E-state index contributed by atoms with van der Waals surface area (Å²) in [5.41, 5.74) is 1.22. The molecule has 0 bridgehead atoms. The second-order valence-electron chi connectivity index (χ2n) is 6.68. The van der Waals surface area contributed by atoms with E-state index in [9.17, 15) is 14.0 Å². The number of amides is 2. The van der Waals surface area contributed by atoms with Gasteiger partial charge in [0.25, 0.3) is 0 Å². The van der Waals surface area contributed by atoms with E-state index in [2.05, 4.69) is 15.7 Å². The average molecular weight is 381 g/mol. The number of hydrogen-bond acceptors (Lipinski definition) is 3. The molecule has 1 aliphatic carbocycles. The van der Waals surface area contributed by atoms with Crippen molar-refractivity contribution in [3.05, 3.63) is 70.9 Å². The van der Waals surface area contributed by atoms with Crippen LogP contribution in [0, 0.1) is 5.82 Å². The Hall–Kier alpha value is -3.42. The summed E-state index contributed by atoms with van der Waals surface area (Å²) in [5, 5.41) is 9.78. The van der Waals surface area contributed by atoms with Gasteiger partial charge in [0.2, 0.25) is 0 Å². The summed E-state index contributed by atoms with van der Waals surface area (Å²) in [7, 11) is 0. The van der Waals surface area contributed by atoms with Gasteiger partial charge in [0.15, 0.2) is 5.82 Å². The van der Waals surface area contributed by atoms with E-state index in [4.69, 9.17) is 0 Å².